The second kappa shape index (κ2) is 8.00. The fourth-order valence-electron chi connectivity index (χ4n) is 2.06. The van der Waals surface area contributed by atoms with E-state index in [1.54, 1.807) is 25.1 Å². The number of ether oxygens (including phenoxy) is 1. The Kier molecular flexibility index (Phi) is 6.65. The van der Waals surface area contributed by atoms with Gasteiger partial charge < -0.3 is 20.1 Å². The van der Waals surface area contributed by atoms with Gasteiger partial charge in [0.15, 0.2) is 0 Å². The first-order valence-electron chi connectivity index (χ1n) is 7.22. The minimum atomic E-state index is -0.963. The summed E-state index contributed by atoms with van der Waals surface area (Å²) in [4.78, 5) is 14.0. The van der Waals surface area contributed by atoms with E-state index in [1.807, 2.05) is 32.0 Å². The van der Waals surface area contributed by atoms with Crippen molar-refractivity contribution in [3.63, 3.8) is 0 Å². The van der Waals surface area contributed by atoms with Gasteiger partial charge in [0.2, 0.25) is 0 Å². The van der Waals surface area contributed by atoms with Crippen molar-refractivity contribution in [3.8, 4) is 5.75 Å². The number of aliphatic hydroxyl groups is 1. The molecule has 0 bridgehead atoms. The zero-order chi connectivity index (χ0) is 15.9. The molecule has 0 heterocycles. The molecule has 0 aromatic heterocycles. The lowest BCUT2D eigenvalue weighted by molar-refractivity contribution is 0.0326. The minimum Gasteiger partial charge on any atom is -0.494 e. The Morgan fingerprint density at radius 1 is 1.43 bits per heavy atom. The van der Waals surface area contributed by atoms with E-state index in [0.29, 0.717) is 24.5 Å². The molecule has 5 heteroatoms. The van der Waals surface area contributed by atoms with Crippen molar-refractivity contribution in [2.75, 3.05) is 33.8 Å². The van der Waals surface area contributed by atoms with E-state index in [4.69, 9.17) is 4.74 Å². The molecule has 5 nitrogen and oxygen atoms in total. The van der Waals surface area contributed by atoms with E-state index in [9.17, 15) is 9.90 Å². The third-order valence-electron chi connectivity index (χ3n) is 2.86. The van der Waals surface area contributed by atoms with Crippen LogP contribution >= 0.6 is 0 Å². The summed E-state index contributed by atoms with van der Waals surface area (Å²) in [6, 6.07) is 7.06. The highest BCUT2D eigenvalue weighted by atomic mass is 16.5. The second-order valence-electron chi connectivity index (χ2n) is 5.79. The number of hydrogen-bond acceptors (Lipinski definition) is 4. The van der Waals surface area contributed by atoms with Crippen LogP contribution in [0, 0.1) is 0 Å². The standard InChI is InChI=1S/C16H26N2O3/c1-5-9-21-14-8-6-7-13(10-14)15(19)17-11-16(2,20)12-18(3)4/h6-8,10,20H,5,9,11-12H2,1-4H3,(H,17,19). The average Bonchev–Trinajstić information content (AvgIpc) is 2.41. The van der Waals surface area contributed by atoms with Crippen LogP contribution in [0.5, 0.6) is 5.75 Å². The topological polar surface area (TPSA) is 61.8 Å². The zero-order valence-electron chi connectivity index (χ0n) is 13.3. The first-order valence-corrected chi connectivity index (χ1v) is 7.22. The number of nitrogens with one attached hydrogen (secondary N) is 1. The van der Waals surface area contributed by atoms with E-state index in [0.717, 1.165) is 6.42 Å². The third-order valence-corrected chi connectivity index (χ3v) is 2.86. The third kappa shape index (κ3) is 6.60. The van der Waals surface area contributed by atoms with Crippen LogP contribution in [0.3, 0.4) is 0 Å². The van der Waals surface area contributed by atoms with Gasteiger partial charge in [-0.2, -0.15) is 0 Å². The van der Waals surface area contributed by atoms with Gasteiger partial charge in [0.05, 0.1) is 12.2 Å². The molecule has 1 atom stereocenters. The molecular formula is C16H26N2O3. The average molecular weight is 294 g/mol. The SMILES string of the molecule is CCCOc1cccc(C(=O)NCC(C)(O)CN(C)C)c1. The molecule has 0 saturated heterocycles. The van der Waals surface area contributed by atoms with Gasteiger partial charge in [0, 0.05) is 18.7 Å². The smallest absolute Gasteiger partial charge is 0.251 e. The molecular weight excluding hydrogens is 268 g/mol. The Morgan fingerprint density at radius 2 is 2.14 bits per heavy atom. The van der Waals surface area contributed by atoms with Gasteiger partial charge in [-0.1, -0.05) is 13.0 Å². The van der Waals surface area contributed by atoms with Crippen molar-refractivity contribution in [1.82, 2.24) is 10.2 Å². The Bertz CT molecular complexity index is 459. The Balaban J connectivity index is 2.59. The highest BCUT2D eigenvalue weighted by Gasteiger charge is 2.22. The number of nitrogens with zero attached hydrogens (tertiary/aromatic N) is 1. The van der Waals surface area contributed by atoms with Crippen LogP contribution in [0.1, 0.15) is 30.6 Å². The van der Waals surface area contributed by atoms with Crippen LogP contribution in [0.25, 0.3) is 0 Å². The Morgan fingerprint density at radius 3 is 2.76 bits per heavy atom. The van der Waals surface area contributed by atoms with Gasteiger partial charge in [-0.25, -0.2) is 0 Å². The van der Waals surface area contributed by atoms with E-state index in [2.05, 4.69) is 5.32 Å². The molecule has 2 N–H and O–H groups in total. The van der Waals surface area contributed by atoms with E-state index in [-0.39, 0.29) is 12.5 Å². The fraction of sp³-hybridized carbons (Fsp3) is 0.562. The van der Waals surface area contributed by atoms with Gasteiger partial charge >= 0.3 is 0 Å². The predicted molar refractivity (Wildman–Crippen MR) is 83.7 cm³/mol. The van der Waals surface area contributed by atoms with Crippen LogP contribution in [0.4, 0.5) is 0 Å². The highest BCUT2D eigenvalue weighted by Crippen LogP contribution is 2.14. The molecule has 0 aliphatic rings. The molecule has 1 aromatic rings. The molecule has 1 aromatic carbocycles. The highest BCUT2D eigenvalue weighted by molar-refractivity contribution is 5.94. The summed E-state index contributed by atoms with van der Waals surface area (Å²) in [7, 11) is 3.76. The number of carbonyl (C=O) groups is 1. The van der Waals surface area contributed by atoms with Gasteiger partial charge in [-0.05, 0) is 45.6 Å². The van der Waals surface area contributed by atoms with Crippen molar-refractivity contribution in [2.24, 2.45) is 0 Å². The summed E-state index contributed by atoms with van der Waals surface area (Å²) in [5, 5.41) is 12.9. The molecule has 118 valence electrons. The number of hydrogen-bond donors (Lipinski definition) is 2. The molecule has 21 heavy (non-hydrogen) atoms. The number of benzene rings is 1. The van der Waals surface area contributed by atoms with Crippen molar-refractivity contribution in [3.05, 3.63) is 29.8 Å². The maximum absolute atomic E-state index is 12.1. The molecule has 0 saturated carbocycles. The first kappa shape index (κ1) is 17.5. The molecule has 0 fully saturated rings. The number of carbonyl (C=O) groups excluding carboxylic acids is 1. The van der Waals surface area contributed by atoms with Crippen molar-refractivity contribution >= 4 is 5.91 Å². The molecule has 0 aliphatic heterocycles. The van der Waals surface area contributed by atoms with Gasteiger partial charge in [-0.15, -0.1) is 0 Å². The van der Waals surface area contributed by atoms with Crippen LogP contribution in [-0.4, -0.2) is 55.3 Å². The normalized spacial score (nSPS) is 13.8. The maximum atomic E-state index is 12.1. The minimum absolute atomic E-state index is 0.198. The van der Waals surface area contributed by atoms with Gasteiger partial charge in [0.25, 0.3) is 5.91 Å². The summed E-state index contributed by atoms with van der Waals surface area (Å²) < 4.78 is 5.51. The van der Waals surface area contributed by atoms with Crippen LogP contribution in [0.2, 0.25) is 0 Å². The Labute approximate surface area is 126 Å². The van der Waals surface area contributed by atoms with Gasteiger partial charge in [-0.3, -0.25) is 4.79 Å². The number of amides is 1. The zero-order valence-corrected chi connectivity index (χ0v) is 13.3. The van der Waals surface area contributed by atoms with Crippen LogP contribution < -0.4 is 10.1 Å². The monoisotopic (exact) mass is 294 g/mol. The first-order chi connectivity index (χ1) is 9.84. The summed E-state index contributed by atoms with van der Waals surface area (Å²) in [6.45, 7) is 5.04. The molecule has 0 spiro atoms. The summed E-state index contributed by atoms with van der Waals surface area (Å²) >= 11 is 0. The molecule has 1 amide bonds. The lowest BCUT2D eigenvalue weighted by Gasteiger charge is -2.27. The Hall–Kier alpha value is -1.59. The second-order valence-corrected chi connectivity index (χ2v) is 5.79. The van der Waals surface area contributed by atoms with Crippen molar-refractivity contribution in [1.29, 1.82) is 0 Å². The van der Waals surface area contributed by atoms with E-state index >= 15 is 0 Å². The largest absolute Gasteiger partial charge is 0.494 e. The summed E-state index contributed by atoms with van der Waals surface area (Å²) in [5.74, 6) is 0.473. The van der Waals surface area contributed by atoms with Gasteiger partial charge in [0.1, 0.15) is 5.75 Å². The fourth-order valence-corrected chi connectivity index (χ4v) is 2.06. The summed E-state index contributed by atoms with van der Waals surface area (Å²) in [6.07, 6.45) is 0.920. The van der Waals surface area contributed by atoms with Crippen molar-refractivity contribution < 1.29 is 14.6 Å². The lowest BCUT2D eigenvalue weighted by Crippen LogP contribution is -2.47. The number of likely N-dealkylation sites (N-methyl/N-ethyl adjacent to an activating group) is 1. The van der Waals surface area contributed by atoms with Crippen molar-refractivity contribution in [2.45, 2.75) is 25.9 Å². The van der Waals surface area contributed by atoms with Crippen LogP contribution in [-0.2, 0) is 0 Å². The molecule has 0 aliphatic carbocycles. The molecule has 1 rings (SSSR count). The molecule has 1 unspecified atom stereocenters. The quantitative estimate of drug-likeness (QED) is 0.763. The maximum Gasteiger partial charge on any atom is 0.251 e. The van der Waals surface area contributed by atoms with Crippen LogP contribution in [0.15, 0.2) is 24.3 Å². The molecule has 0 radical (unpaired) electrons. The van der Waals surface area contributed by atoms with E-state index < -0.39 is 5.60 Å². The van der Waals surface area contributed by atoms with E-state index in [1.165, 1.54) is 0 Å². The lowest BCUT2D eigenvalue weighted by atomic mass is 10.1. The predicted octanol–water partition coefficient (Wildman–Crippen LogP) is 1.52. The summed E-state index contributed by atoms with van der Waals surface area (Å²) in [5.41, 5.74) is -0.431. The number of rotatable bonds is 8.